The van der Waals surface area contributed by atoms with Crippen LogP contribution in [0.25, 0.3) is 0 Å². The number of rotatable bonds is 3. The molecule has 82 valence electrons. The Morgan fingerprint density at radius 3 is 2.20 bits per heavy atom. The average molecular weight is 204 g/mol. The highest BCUT2D eigenvalue weighted by Gasteiger charge is 2.64. The van der Waals surface area contributed by atoms with Crippen molar-refractivity contribution in [3.63, 3.8) is 0 Å². The normalized spacial score (nSPS) is 29.9. The summed E-state index contributed by atoms with van der Waals surface area (Å²) >= 11 is 0. The van der Waals surface area contributed by atoms with E-state index in [-0.39, 0.29) is 12.0 Å². The second kappa shape index (κ2) is 3.34. The van der Waals surface area contributed by atoms with Gasteiger partial charge in [0.25, 0.3) is 0 Å². The molecule has 15 heavy (non-hydrogen) atoms. The molecule has 1 N–H and O–H groups in total. The van der Waals surface area contributed by atoms with Crippen molar-refractivity contribution in [2.75, 3.05) is 6.61 Å². The molecule has 0 heterocycles. The Morgan fingerprint density at radius 2 is 1.80 bits per heavy atom. The molecule has 0 radical (unpaired) electrons. The average Bonchev–Trinajstić information content (AvgIpc) is 2.83. The maximum absolute atomic E-state index is 9.40. The Hall–Kier alpha value is -0.820. The van der Waals surface area contributed by atoms with Gasteiger partial charge in [-0.05, 0) is 23.3 Å². The van der Waals surface area contributed by atoms with Gasteiger partial charge < -0.3 is 5.11 Å². The fraction of sp³-hybridized carbons (Fsp3) is 0.571. The van der Waals surface area contributed by atoms with Gasteiger partial charge in [-0.2, -0.15) is 0 Å². The van der Waals surface area contributed by atoms with Crippen molar-refractivity contribution in [3.05, 3.63) is 35.9 Å². The van der Waals surface area contributed by atoms with Crippen LogP contribution in [0.5, 0.6) is 0 Å². The van der Waals surface area contributed by atoms with Crippen LogP contribution in [0.4, 0.5) is 0 Å². The van der Waals surface area contributed by atoms with E-state index in [1.165, 1.54) is 12.0 Å². The van der Waals surface area contributed by atoms with Crippen molar-refractivity contribution in [1.29, 1.82) is 0 Å². The van der Waals surface area contributed by atoms with E-state index in [1.54, 1.807) is 0 Å². The van der Waals surface area contributed by atoms with E-state index in [0.717, 1.165) is 0 Å². The minimum Gasteiger partial charge on any atom is -0.396 e. The largest absolute Gasteiger partial charge is 0.396 e. The van der Waals surface area contributed by atoms with Crippen LogP contribution in [0.15, 0.2) is 30.3 Å². The topological polar surface area (TPSA) is 20.2 Å². The van der Waals surface area contributed by atoms with Crippen LogP contribution in [0.1, 0.15) is 32.8 Å². The van der Waals surface area contributed by atoms with Gasteiger partial charge in [0.2, 0.25) is 0 Å². The molecular formula is C14H20O. The quantitative estimate of drug-likeness (QED) is 0.802. The Kier molecular flexibility index (Phi) is 2.38. The second-order valence-electron chi connectivity index (χ2n) is 5.48. The molecule has 2 unspecified atom stereocenters. The molecule has 0 bridgehead atoms. The van der Waals surface area contributed by atoms with Gasteiger partial charge in [-0.15, -0.1) is 0 Å². The molecule has 1 fully saturated rings. The Morgan fingerprint density at radius 1 is 1.27 bits per heavy atom. The zero-order valence-corrected chi connectivity index (χ0v) is 9.83. The van der Waals surface area contributed by atoms with Crippen molar-refractivity contribution in [2.24, 2.45) is 11.3 Å². The molecule has 0 spiro atoms. The van der Waals surface area contributed by atoms with Crippen molar-refractivity contribution < 1.29 is 5.11 Å². The number of hydrogen-bond acceptors (Lipinski definition) is 1. The van der Waals surface area contributed by atoms with E-state index in [0.29, 0.717) is 11.3 Å². The summed E-state index contributed by atoms with van der Waals surface area (Å²) in [7, 11) is 0. The van der Waals surface area contributed by atoms with Crippen molar-refractivity contribution >= 4 is 0 Å². The lowest BCUT2D eigenvalue weighted by molar-refractivity contribution is 0.191. The van der Waals surface area contributed by atoms with Crippen LogP contribution in [-0.2, 0) is 5.41 Å². The molecular weight excluding hydrogens is 184 g/mol. The first-order valence-corrected chi connectivity index (χ1v) is 5.71. The standard InChI is InChI=1S/C14H20O/c1-11(9-15)14(10-13(14,2)3)12-7-5-4-6-8-12/h4-8,11,15H,9-10H2,1-3H3. The number of aliphatic hydroxyl groups is 1. The monoisotopic (exact) mass is 204 g/mol. The molecule has 0 aliphatic heterocycles. The second-order valence-corrected chi connectivity index (χ2v) is 5.48. The van der Waals surface area contributed by atoms with E-state index < -0.39 is 0 Å². The molecule has 1 saturated carbocycles. The summed E-state index contributed by atoms with van der Waals surface area (Å²) in [6.45, 7) is 7.03. The van der Waals surface area contributed by atoms with Crippen LogP contribution in [0.2, 0.25) is 0 Å². The smallest absolute Gasteiger partial charge is 0.0465 e. The molecule has 1 aromatic carbocycles. The van der Waals surface area contributed by atoms with Crippen molar-refractivity contribution in [2.45, 2.75) is 32.6 Å². The zero-order valence-electron chi connectivity index (χ0n) is 9.83. The summed E-state index contributed by atoms with van der Waals surface area (Å²) in [6, 6.07) is 10.6. The van der Waals surface area contributed by atoms with Crippen LogP contribution < -0.4 is 0 Å². The third-order valence-corrected chi connectivity index (χ3v) is 4.21. The van der Waals surface area contributed by atoms with Crippen LogP contribution in [0.3, 0.4) is 0 Å². The Labute approximate surface area is 92.1 Å². The highest BCUT2D eigenvalue weighted by molar-refractivity contribution is 5.37. The molecule has 0 amide bonds. The summed E-state index contributed by atoms with van der Waals surface area (Å²) in [6.07, 6.45) is 1.19. The number of aliphatic hydroxyl groups excluding tert-OH is 1. The van der Waals surface area contributed by atoms with E-state index in [4.69, 9.17) is 0 Å². The molecule has 1 aliphatic carbocycles. The van der Waals surface area contributed by atoms with Gasteiger partial charge in [-0.1, -0.05) is 51.1 Å². The summed E-state index contributed by atoms with van der Waals surface area (Å²) in [4.78, 5) is 0. The molecule has 0 saturated heterocycles. The molecule has 2 atom stereocenters. The molecule has 1 heteroatoms. The molecule has 0 aromatic heterocycles. The van der Waals surface area contributed by atoms with Gasteiger partial charge in [0.05, 0.1) is 0 Å². The molecule has 1 aliphatic rings. The van der Waals surface area contributed by atoms with Gasteiger partial charge in [0.15, 0.2) is 0 Å². The lowest BCUT2D eigenvalue weighted by Gasteiger charge is -2.27. The molecule has 1 aromatic rings. The van der Waals surface area contributed by atoms with Crippen molar-refractivity contribution in [3.8, 4) is 0 Å². The minimum atomic E-state index is 0.197. The minimum absolute atomic E-state index is 0.197. The van der Waals surface area contributed by atoms with Crippen LogP contribution in [0, 0.1) is 11.3 Å². The fourth-order valence-electron chi connectivity index (χ4n) is 3.16. The highest BCUT2D eigenvalue weighted by Crippen LogP contribution is 2.67. The van der Waals surface area contributed by atoms with E-state index in [2.05, 4.69) is 51.1 Å². The SMILES string of the molecule is CC(CO)C1(c2ccccc2)CC1(C)C. The van der Waals surface area contributed by atoms with Crippen LogP contribution in [-0.4, -0.2) is 11.7 Å². The van der Waals surface area contributed by atoms with Crippen molar-refractivity contribution in [1.82, 2.24) is 0 Å². The fourth-order valence-corrected chi connectivity index (χ4v) is 3.16. The number of benzene rings is 1. The maximum atomic E-state index is 9.40. The molecule has 2 rings (SSSR count). The highest BCUT2D eigenvalue weighted by atomic mass is 16.3. The van der Waals surface area contributed by atoms with Gasteiger partial charge in [-0.25, -0.2) is 0 Å². The lowest BCUT2D eigenvalue weighted by Crippen LogP contribution is -2.26. The van der Waals surface area contributed by atoms with E-state index >= 15 is 0 Å². The third-order valence-electron chi connectivity index (χ3n) is 4.21. The van der Waals surface area contributed by atoms with Gasteiger partial charge in [0.1, 0.15) is 0 Å². The Bertz CT molecular complexity index is 342. The summed E-state index contributed by atoms with van der Waals surface area (Å²) in [5, 5.41) is 9.40. The predicted octanol–water partition coefficient (Wildman–Crippen LogP) is 2.98. The summed E-state index contributed by atoms with van der Waals surface area (Å²) in [5.41, 5.74) is 1.91. The predicted molar refractivity (Wildman–Crippen MR) is 62.8 cm³/mol. The Balaban J connectivity index is 2.39. The zero-order chi connectivity index (χ0) is 11.1. The van der Waals surface area contributed by atoms with Crippen LogP contribution >= 0.6 is 0 Å². The van der Waals surface area contributed by atoms with E-state index in [1.807, 2.05) is 0 Å². The van der Waals surface area contributed by atoms with Gasteiger partial charge in [-0.3, -0.25) is 0 Å². The first-order chi connectivity index (χ1) is 7.04. The first kappa shape index (κ1) is 10.7. The first-order valence-electron chi connectivity index (χ1n) is 5.71. The maximum Gasteiger partial charge on any atom is 0.0465 e. The molecule has 1 nitrogen and oxygen atoms in total. The number of hydrogen-bond donors (Lipinski definition) is 1. The third kappa shape index (κ3) is 1.41. The van der Waals surface area contributed by atoms with Gasteiger partial charge in [0, 0.05) is 12.0 Å². The van der Waals surface area contributed by atoms with E-state index in [9.17, 15) is 5.11 Å². The lowest BCUT2D eigenvalue weighted by atomic mass is 9.78. The van der Waals surface area contributed by atoms with Gasteiger partial charge >= 0.3 is 0 Å². The summed E-state index contributed by atoms with van der Waals surface area (Å²) in [5.74, 6) is 0.343. The summed E-state index contributed by atoms with van der Waals surface area (Å²) < 4.78 is 0.